The molecule has 0 atom stereocenters. The summed E-state index contributed by atoms with van der Waals surface area (Å²) >= 11 is 0. The molecular weight excluding hydrogens is 446 g/mol. The molecule has 0 spiro atoms. The average Bonchev–Trinajstić information content (AvgIpc) is 3.20. The third kappa shape index (κ3) is 4.32. The lowest BCUT2D eigenvalue weighted by Gasteiger charge is -2.27. The largest absolute Gasteiger partial charge is 0.372 e. The zero-order valence-electron chi connectivity index (χ0n) is 20.0. The second kappa shape index (κ2) is 10.0. The topological polar surface area (TPSA) is 66.6 Å². The number of nitrogens with one attached hydrogen (secondary N) is 1. The van der Waals surface area contributed by atoms with Crippen molar-refractivity contribution in [2.75, 3.05) is 0 Å². The van der Waals surface area contributed by atoms with Crippen molar-refractivity contribution in [3.8, 4) is 0 Å². The smallest absolute Gasteiger partial charge is 0.281 e. The molecule has 5 heteroatoms. The first-order valence-electron chi connectivity index (χ1n) is 11.9. The van der Waals surface area contributed by atoms with E-state index in [1.165, 1.54) is 5.56 Å². The molecule has 0 radical (unpaired) electrons. The van der Waals surface area contributed by atoms with Gasteiger partial charge in [-0.15, -0.1) is 0 Å². The van der Waals surface area contributed by atoms with Gasteiger partial charge in [0.25, 0.3) is 5.91 Å². The number of carbonyl (C=O) groups is 1. The second-order valence-corrected chi connectivity index (χ2v) is 8.73. The summed E-state index contributed by atoms with van der Waals surface area (Å²) < 4.78 is 2.25. The molecule has 0 aliphatic carbocycles. The Kier molecular flexibility index (Phi) is 6.48. The molecule has 0 aliphatic heterocycles. The number of hydrogen-bond donors (Lipinski definition) is 2. The number of aromatic nitrogens is 1. The quantitative estimate of drug-likeness (QED) is 0.246. The fourth-order valence-electron chi connectivity index (χ4n) is 4.61. The van der Waals surface area contributed by atoms with Crippen LogP contribution in [0.2, 0.25) is 0 Å². The predicted octanol–water partition coefficient (Wildman–Crippen LogP) is 5.38. The Hall–Kier alpha value is -4.48. The number of amides is 1. The number of hydrogen-bond acceptors (Lipinski definition) is 3. The van der Waals surface area contributed by atoms with E-state index in [0.717, 1.165) is 28.7 Å². The highest BCUT2D eigenvalue weighted by Crippen LogP contribution is 2.30. The molecule has 0 aliphatic rings. The highest BCUT2D eigenvalue weighted by Gasteiger charge is 2.39. The summed E-state index contributed by atoms with van der Waals surface area (Å²) in [6, 6.07) is 36.3. The van der Waals surface area contributed by atoms with Crippen LogP contribution in [0.4, 0.5) is 0 Å². The molecule has 0 fully saturated rings. The van der Waals surface area contributed by atoms with Gasteiger partial charge in [0.1, 0.15) is 0 Å². The predicted molar refractivity (Wildman–Crippen MR) is 144 cm³/mol. The SMILES string of the molecule is Cc1c(/C=N/NC(=O)C(O)(c2ccccc2)c2ccccc2)c2ccccc2n1Cc1ccccc1. The zero-order chi connectivity index (χ0) is 25.0. The molecule has 36 heavy (non-hydrogen) atoms. The van der Waals surface area contributed by atoms with Crippen LogP contribution in [0, 0.1) is 6.92 Å². The lowest BCUT2D eigenvalue weighted by Crippen LogP contribution is -2.43. The Bertz CT molecular complexity index is 1470. The first kappa shape index (κ1) is 23.3. The highest BCUT2D eigenvalue weighted by molar-refractivity contribution is 6.01. The van der Waals surface area contributed by atoms with E-state index in [1.54, 1.807) is 54.7 Å². The van der Waals surface area contributed by atoms with E-state index in [0.29, 0.717) is 11.1 Å². The fourth-order valence-corrected chi connectivity index (χ4v) is 4.61. The van der Waals surface area contributed by atoms with Crippen molar-refractivity contribution in [2.45, 2.75) is 19.1 Å². The second-order valence-electron chi connectivity index (χ2n) is 8.73. The molecule has 1 heterocycles. The molecule has 5 nitrogen and oxygen atoms in total. The molecule has 2 N–H and O–H groups in total. The third-order valence-corrected chi connectivity index (χ3v) is 6.53. The van der Waals surface area contributed by atoms with E-state index in [4.69, 9.17) is 0 Å². The molecule has 0 bridgehead atoms. The van der Waals surface area contributed by atoms with Crippen LogP contribution >= 0.6 is 0 Å². The molecule has 178 valence electrons. The third-order valence-electron chi connectivity index (χ3n) is 6.53. The summed E-state index contributed by atoms with van der Waals surface area (Å²) in [5, 5.41) is 17.0. The number of aliphatic hydroxyl groups is 1. The van der Waals surface area contributed by atoms with E-state index in [1.807, 2.05) is 42.5 Å². The molecule has 1 amide bonds. The fraction of sp³-hybridized carbons (Fsp3) is 0.0968. The van der Waals surface area contributed by atoms with Crippen LogP contribution in [-0.2, 0) is 16.9 Å². The standard InChI is InChI=1S/C31H27N3O2/c1-23-28(27-19-11-12-20-29(27)34(23)22-24-13-5-2-6-14-24)21-32-33-30(35)31(36,25-15-7-3-8-16-25)26-17-9-4-10-18-26/h2-21,36H,22H2,1H3,(H,33,35)/b32-21+. The lowest BCUT2D eigenvalue weighted by molar-refractivity contribution is -0.136. The van der Waals surface area contributed by atoms with Gasteiger partial charge in [0.2, 0.25) is 0 Å². The minimum Gasteiger partial charge on any atom is -0.372 e. The van der Waals surface area contributed by atoms with Gasteiger partial charge in [0.15, 0.2) is 5.60 Å². The van der Waals surface area contributed by atoms with Crippen LogP contribution in [0.15, 0.2) is 120 Å². The van der Waals surface area contributed by atoms with Crippen LogP contribution in [0.25, 0.3) is 10.9 Å². The van der Waals surface area contributed by atoms with Crippen molar-refractivity contribution in [1.29, 1.82) is 0 Å². The molecule has 5 aromatic rings. The van der Waals surface area contributed by atoms with Crippen LogP contribution in [0.3, 0.4) is 0 Å². The van der Waals surface area contributed by atoms with Crippen molar-refractivity contribution in [3.05, 3.63) is 143 Å². The summed E-state index contributed by atoms with van der Waals surface area (Å²) in [5.41, 5.74) is 5.91. The molecule has 5 rings (SSSR count). The normalized spacial score (nSPS) is 11.7. The number of fused-ring (bicyclic) bond motifs is 1. The number of benzene rings is 4. The Labute approximate surface area is 210 Å². The summed E-state index contributed by atoms with van der Waals surface area (Å²) in [4.78, 5) is 13.4. The molecular formula is C31H27N3O2. The summed E-state index contributed by atoms with van der Waals surface area (Å²) in [7, 11) is 0. The van der Waals surface area contributed by atoms with Gasteiger partial charge in [-0.2, -0.15) is 5.10 Å². The van der Waals surface area contributed by atoms with Gasteiger partial charge in [-0.05, 0) is 29.7 Å². The molecule has 4 aromatic carbocycles. The summed E-state index contributed by atoms with van der Waals surface area (Å²) in [5.74, 6) is -0.623. The van der Waals surface area contributed by atoms with Gasteiger partial charge in [-0.1, -0.05) is 109 Å². The van der Waals surface area contributed by atoms with E-state index in [2.05, 4.69) is 46.3 Å². The van der Waals surface area contributed by atoms with Gasteiger partial charge in [0, 0.05) is 28.7 Å². The number of hydrazone groups is 1. The maximum absolute atomic E-state index is 13.4. The summed E-state index contributed by atoms with van der Waals surface area (Å²) in [6.07, 6.45) is 1.66. The Morgan fingerprint density at radius 1 is 0.833 bits per heavy atom. The van der Waals surface area contributed by atoms with Crippen molar-refractivity contribution in [2.24, 2.45) is 5.10 Å². The number of nitrogens with zero attached hydrogens (tertiary/aromatic N) is 2. The van der Waals surface area contributed by atoms with Crippen molar-refractivity contribution in [1.82, 2.24) is 9.99 Å². The van der Waals surface area contributed by atoms with E-state index in [-0.39, 0.29) is 0 Å². The first-order valence-corrected chi connectivity index (χ1v) is 11.9. The van der Waals surface area contributed by atoms with Gasteiger partial charge >= 0.3 is 0 Å². The Balaban J connectivity index is 1.47. The molecule has 1 aromatic heterocycles. The van der Waals surface area contributed by atoms with E-state index in [9.17, 15) is 9.90 Å². The highest BCUT2D eigenvalue weighted by atomic mass is 16.3. The van der Waals surface area contributed by atoms with E-state index < -0.39 is 11.5 Å². The molecule has 0 saturated heterocycles. The van der Waals surface area contributed by atoms with Gasteiger partial charge < -0.3 is 9.67 Å². The van der Waals surface area contributed by atoms with Crippen molar-refractivity contribution in [3.63, 3.8) is 0 Å². The molecule has 0 unspecified atom stereocenters. The zero-order valence-corrected chi connectivity index (χ0v) is 20.0. The maximum Gasteiger partial charge on any atom is 0.281 e. The Morgan fingerprint density at radius 2 is 1.36 bits per heavy atom. The van der Waals surface area contributed by atoms with Crippen LogP contribution in [0.5, 0.6) is 0 Å². The maximum atomic E-state index is 13.4. The summed E-state index contributed by atoms with van der Waals surface area (Å²) in [6.45, 7) is 2.78. The molecule has 0 saturated carbocycles. The van der Waals surface area contributed by atoms with Gasteiger partial charge in [-0.3, -0.25) is 4.79 Å². The number of para-hydroxylation sites is 1. The van der Waals surface area contributed by atoms with Crippen LogP contribution in [0.1, 0.15) is 27.9 Å². The minimum atomic E-state index is -1.88. The van der Waals surface area contributed by atoms with Crippen molar-refractivity contribution >= 4 is 23.0 Å². The van der Waals surface area contributed by atoms with Crippen LogP contribution in [-0.4, -0.2) is 21.8 Å². The monoisotopic (exact) mass is 473 g/mol. The van der Waals surface area contributed by atoms with Gasteiger partial charge in [0.05, 0.1) is 6.21 Å². The number of carbonyl (C=O) groups excluding carboxylic acids is 1. The average molecular weight is 474 g/mol. The van der Waals surface area contributed by atoms with Crippen LogP contribution < -0.4 is 5.43 Å². The minimum absolute atomic E-state index is 0.472. The number of rotatable bonds is 7. The lowest BCUT2D eigenvalue weighted by atomic mass is 9.85. The van der Waals surface area contributed by atoms with E-state index >= 15 is 0 Å². The van der Waals surface area contributed by atoms with Gasteiger partial charge in [-0.25, -0.2) is 5.43 Å². The van der Waals surface area contributed by atoms with Crippen molar-refractivity contribution < 1.29 is 9.90 Å². The first-order chi connectivity index (χ1) is 17.6. The Morgan fingerprint density at radius 3 is 1.97 bits per heavy atom.